The van der Waals surface area contributed by atoms with E-state index in [1.54, 1.807) is 19.3 Å². The number of rotatable bonds is 6. The first kappa shape index (κ1) is 20.1. The van der Waals surface area contributed by atoms with Gasteiger partial charge in [0.1, 0.15) is 11.6 Å². The van der Waals surface area contributed by atoms with Gasteiger partial charge in [-0.1, -0.05) is 31.5 Å². The molecular formula is C20H24N6OS. The molecule has 2 aromatic rings. The average Bonchev–Trinajstić information content (AvgIpc) is 3.11. The highest BCUT2D eigenvalue weighted by Gasteiger charge is 2.29. The predicted octanol–water partition coefficient (Wildman–Crippen LogP) is 3.51. The molecule has 7 nitrogen and oxygen atoms in total. The van der Waals surface area contributed by atoms with Crippen LogP contribution in [0.3, 0.4) is 0 Å². The maximum atomic E-state index is 12.4. The molecule has 0 aromatic carbocycles. The zero-order valence-corrected chi connectivity index (χ0v) is 16.9. The molecule has 28 heavy (non-hydrogen) atoms. The van der Waals surface area contributed by atoms with Gasteiger partial charge >= 0.3 is 0 Å². The molecule has 8 heteroatoms. The Bertz CT molecular complexity index is 911. The quantitative estimate of drug-likeness (QED) is 0.452. The second-order valence-electron chi connectivity index (χ2n) is 7.13. The normalized spacial score (nSPS) is 20.3. The highest BCUT2D eigenvalue weighted by Crippen LogP contribution is 2.38. The summed E-state index contributed by atoms with van der Waals surface area (Å²) in [6.07, 6.45) is 8.12. The van der Waals surface area contributed by atoms with E-state index in [0.717, 1.165) is 30.7 Å². The lowest BCUT2D eigenvalue weighted by Crippen LogP contribution is -2.23. The van der Waals surface area contributed by atoms with Crippen molar-refractivity contribution in [3.05, 3.63) is 35.8 Å². The van der Waals surface area contributed by atoms with E-state index in [1.807, 2.05) is 18.2 Å². The minimum absolute atomic E-state index is 0.0112. The number of nitrogens with two attached hydrogens (primary N) is 1. The lowest BCUT2D eigenvalue weighted by Gasteiger charge is -2.31. The van der Waals surface area contributed by atoms with E-state index >= 15 is 0 Å². The first-order chi connectivity index (χ1) is 13.5. The molecule has 2 aromatic heterocycles. The molecule has 1 fully saturated rings. The highest BCUT2D eigenvalue weighted by molar-refractivity contribution is 7.99. The van der Waals surface area contributed by atoms with Crippen LogP contribution in [0.5, 0.6) is 0 Å². The third-order valence-electron chi connectivity index (χ3n) is 5.10. The molecule has 0 radical (unpaired) electrons. The number of carbonyl (C=O) groups excluding carboxylic acids is 1. The van der Waals surface area contributed by atoms with Crippen molar-refractivity contribution in [1.82, 2.24) is 19.7 Å². The van der Waals surface area contributed by atoms with Crippen LogP contribution in [-0.2, 0) is 4.79 Å². The van der Waals surface area contributed by atoms with Crippen molar-refractivity contribution in [2.24, 2.45) is 11.7 Å². The Kier molecular flexibility index (Phi) is 6.47. The van der Waals surface area contributed by atoms with E-state index in [0.29, 0.717) is 11.1 Å². The number of aromatic nitrogens is 4. The van der Waals surface area contributed by atoms with Gasteiger partial charge in [-0.3, -0.25) is 14.3 Å². The van der Waals surface area contributed by atoms with Crippen molar-refractivity contribution in [1.29, 1.82) is 5.26 Å². The molecule has 0 saturated heterocycles. The van der Waals surface area contributed by atoms with Gasteiger partial charge < -0.3 is 5.73 Å². The Morgan fingerprint density at radius 2 is 2.18 bits per heavy atom. The zero-order chi connectivity index (χ0) is 20.1. The van der Waals surface area contributed by atoms with Gasteiger partial charge in [0.2, 0.25) is 0 Å². The summed E-state index contributed by atoms with van der Waals surface area (Å²) >= 11 is 1.31. The van der Waals surface area contributed by atoms with E-state index < -0.39 is 0 Å². The molecule has 2 N–H and O–H groups in total. The minimum Gasteiger partial charge on any atom is -0.401 e. The Hall–Kier alpha value is -2.66. The standard InChI is InChI=1S/C20H24N6OS/c1-13-6-3-4-8-17(13)26-19(15-7-5-9-23-11-15)24-25-20(26)28-12-18(27)16(10-21)14(2)22/h5,7,9,11,13,17H,3-4,6,8,12,22H2,1-2H3/b16-14+. The number of thioether (sulfide) groups is 1. The van der Waals surface area contributed by atoms with Crippen molar-refractivity contribution >= 4 is 17.5 Å². The van der Waals surface area contributed by atoms with Crippen molar-refractivity contribution in [3.63, 3.8) is 0 Å². The Morgan fingerprint density at radius 1 is 1.39 bits per heavy atom. The maximum absolute atomic E-state index is 12.4. The summed E-state index contributed by atoms with van der Waals surface area (Å²) in [5.41, 5.74) is 6.81. The summed E-state index contributed by atoms with van der Waals surface area (Å²) in [6, 6.07) is 6.02. The minimum atomic E-state index is -0.290. The number of allylic oxidation sites excluding steroid dienone is 2. The van der Waals surface area contributed by atoms with Gasteiger partial charge in [0.15, 0.2) is 16.8 Å². The van der Waals surface area contributed by atoms with E-state index in [2.05, 4.69) is 26.7 Å². The molecule has 0 amide bonds. The van der Waals surface area contributed by atoms with Gasteiger partial charge in [0.05, 0.1) is 5.75 Å². The Morgan fingerprint density at radius 3 is 2.82 bits per heavy atom. The lowest BCUT2D eigenvalue weighted by atomic mass is 9.85. The molecule has 3 rings (SSSR count). The number of Topliss-reactive ketones (excluding diaryl/α,β-unsaturated/α-hetero) is 1. The fourth-order valence-corrected chi connectivity index (χ4v) is 4.48. The number of ketones is 1. The molecule has 2 atom stereocenters. The van der Waals surface area contributed by atoms with Crippen LogP contribution in [0.25, 0.3) is 11.4 Å². The SMILES string of the molecule is C/C(N)=C(/C#N)C(=O)CSc1nnc(-c2cccnc2)n1C1CCCCC1C. The Labute approximate surface area is 169 Å². The van der Waals surface area contributed by atoms with Crippen LogP contribution < -0.4 is 5.73 Å². The van der Waals surface area contributed by atoms with Gasteiger partial charge in [-0.05, 0) is 37.8 Å². The fraction of sp³-hybridized carbons (Fsp3) is 0.450. The van der Waals surface area contributed by atoms with Gasteiger partial charge in [-0.25, -0.2) is 0 Å². The zero-order valence-electron chi connectivity index (χ0n) is 16.1. The summed E-state index contributed by atoms with van der Waals surface area (Å²) in [4.78, 5) is 16.6. The summed E-state index contributed by atoms with van der Waals surface area (Å²) in [5.74, 6) is 1.08. The van der Waals surface area contributed by atoms with Gasteiger partial charge in [-0.2, -0.15) is 5.26 Å². The van der Waals surface area contributed by atoms with Crippen LogP contribution in [0.4, 0.5) is 0 Å². The van der Waals surface area contributed by atoms with Crippen LogP contribution in [0, 0.1) is 17.2 Å². The molecule has 0 spiro atoms. The summed E-state index contributed by atoms with van der Waals surface area (Å²) in [7, 11) is 0. The number of nitrogens with zero attached hydrogens (tertiary/aromatic N) is 5. The van der Waals surface area contributed by atoms with E-state index in [4.69, 9.17) is 11.0 Å². The first-order valence-corrected chi connectivity index (χ1v) is 10.4. The van der Waals surface area contributed by atoms with Gasteiger partial charge in [-0.15, -0.1) is 10.2 Å². The largest absolute Gasteiger partial charge is 0.401 e. The highest BCUT2D eigenvalue weighted by atomic mass is 32.2. The molecular weight excluding hydrogens is 372 g/mol. The van der Waals surface area contributed by atoms with E-state index in [-0.39, 0.29) is 28.8 Å². The van der Waals surface area contributed by atoms with Crippen LogP contribution in [0.1, 0.15) is 45.6 Å². The number of carbonyl (C=O) groups is 1. The number of pyridine rings is 1. The molecule has 1 saturated carbocycles. The van der Waals surface area contributed by atoms with Crippen LogP contribution >= 0.6 is 11.8 Å². The third-order valence-corrected chi connectivity index (χ3v) is 6.04. The summed E-state index contributed by atoms with van der Waals surface area (Å²) < 4.78 is 2.16. The predicted molar refractivity (Wildman–Crippen MR) is 108 cm³/mol. The van der Waals surface area contributed by atoms with Crippen molar-refractivity contribution in [2.45, 2.75) is 50.7 Å². The maximum Gasteiger partial charge on any atom is 0.192 e. The molecule has 2 heterocycles. The molecule has 0 bridgehead atoms. The van der Waals surface area contributed by atoms with E-state index in [1.165, 1.54) is 18.2 Å². The van der Waals surface area contributed by atoms with Crippen molar-refractivity contribution in [2.75, 3.05) is 5.75 Å². The molecule has 1 aliphatic carbocycles. The topological polar surface area (TPSA) is 110 Å². The third kappa shape index (κ3) is 4.25. The summed E-state index contributed by atoms with van der Waals surface area (Å²) in [5, 5.41) is 18.6. The van der Waals surface area contributed by atoms with Crippen LogP contribution in [0.2, 0.25) is 0 Å². The fourth-order valence-electron chi connectivity index (χ4n) is 3.62. The first-order valence-electron chi connectivity index (χ1n) is 9.40. The number of hydrogen-bond acceptors (Lipinski definition) is 7. The second kappa shape index (κ2) is 9.02. The number of nitriles is 1. The van der Waals surface area contributed by atoms with Gasteiger partial charge in [0.25, 0.3) is 0 Å². The van der Waals surface area contributed by atoms with E-state index in [9.17, 15) is 4.79 Å². The molecule has 146 valence electrons. The lowest BCUT2D eigenvalue weighted by molar-refractivity contribution is -0.112. The van der Waals surface area contributed by atoms with Crippen molar-refractivity contribution < 1.29 is 4.79 Å². The smallest absolute Gasteiger partial charge is 0.192 e. The average molecular weight is 397 g/mol. The molecule has 0 aliphatic heterocycles. The van der Waals surface area contributed by atoms with Crippen LogP contribution in [-0.4, -0.2) is 31.3 Å². The van der Waals surface area contributed by atoms with Crippen molar-refractivity contribution in [3.8, 4) is 17.5 Å². The second-order valence-corrected chi connectivity index (χ2v) is 8.07. The summed E-state index contributed by atoms with van der Waals surface area (Å²) in [6.45, 7) is 3.82. The molecule has 2 unspecified atom stereocenters. The monoisotopic (exact) mass is 396 g/mol. The Balaban J connectivity index is 1.93. The number of hydrogen-bond donors (Lipinski definition) is 1. The molecule has 1 aliphatic rings. The van der Waals surface area contributed by atoms with Crippen LogP contribution in [0.15, 0.2) is 41.0 Å². The van der Waals surface area contributed by atoms with Gasteiger partial charge in [0, 0.05) is 29.7 Å².